The van der Waals surface area contributed by atoms with Crippen molar-refractivity contribution >= 4 is 66.6 Å². The number of benzene rings is 2. The van der Waals surface area contributed by atoms with Crippen molar-refractivity contribution < 1.29 is 13.2 Å². The lowest BCUT2D eigenvalue weighted by molar-refractivity contribution is 0.0986. The van der Waals surface area contributed by atoms with Crippen LogP contribution in [0.3, 0.4) is 0 Å². The van der Waals surface area contributed by atoms with Crippen molar-refractivity contribution in [1.29, 1.82) is 0 Å². The summed E-state index contributed by atoms with van der Waals surface area (Å²) in [6.45, 7) is 3.79. The molecule has 1 heterocycles. The van der Waals surface area contributed by atoms with E-state index in [1.54, 1.807) is 30.1 Å². The van der Waals surface area contributed by atoms with Gasteiger partial charge in [0.15, 0.2) is 5.13 Å². The van der Waals surface area contributed by atoms with E-state index >= 15 is 0 Å². The molecule has 11 heteroatoms. The second-order valence-electron chi connectivity index (χ2n) is 8.43. The van der Waals surface area contributed by atoms with Gasteiger partial charge in [0.1, 0.15) is 0 Å². The number of nitrogens with zero attached hydrogens (tertiary/aromatic N) is 4. The number of anilines is 1. The number of hydrogen-bond donors (Lipinski definition) is 0. The lowest BCUT2D eigenvalue weighted by atomic mass is 10.2. The van der Waals surface area contributed by atoms with Gasteiger partial charge in [-0.3, -0.25) is 9.69 Å². The monoisotopic (exact) mass is 558 g/mol. The number of halogens is 2. The van der Waals surface area contributed by atoms with Crippen LogP contribution in [0.25, 0.3) is 10.2 Å². The standard InChI is InChI=1S/C24H31ClN4O3S2.ClH/c1-5-6-15-28(4)34(31,32)20-11-8-18(9-12-20)23(30)29(16-7-14-27(2)3)24-26-21-13-10-19(25)17-22(21)33-24;/h8-13,17H,5-7,14-16H2,1-4H3;1H. The Labute approximate surface area is 223 Å². The van der Waals surface area contributed by atoms with Crippen LogP contribution in [0, 0.1) is 0 Å². The SMILES string of the molecule is CCCCN(C)S(=O)(=O)c1ccc(C(=O)N(CCCN(C)C)c2nc3ccc(Cl)cc3s2)cc1.Cl. The topological polar surface area (TPSA) is 73.8 Å². The fraction of sp³-hybridized carbons (Fsp3) is 0.417. The van der Waals surface area contributed by atoms with Gasteiger partial charge >= 0.3 is 0 Å². The van der Waals surface area contributed by atoms with Crippen molar-refractivity contribution in [1.82, 2.24) is 14.2 Å². The van der Waals surface area contributed by atoms with Gasteiger partial charge < -0.3 is 4.90 Å². The normalized spacial score (nSPS) is 11.7. The molecule has 3 rings (SSSR count). The van der Waals surface area contributed by atoms with Crippen molar-refractivity contribution in [3.05, 3.63) is 53.1 Å². The van der Waals surface area contributed by atoms with Crippen LogP contribution in [-0.4, -0.2) is 69.3 Å². The summed E-state index contributed by atoms with van der Waals surface area (Å²) in [6.07, 6.45) is 2.47. The Morgan fingerprint density at radius 1 is 1.00 bits per heavy atom. The molecule has 0 aliphatic carbocycles. The zero-order valence-corrected chi connectivity index (χ0v) is 23.6. The highest BCUT2D eigenvalue weighted by Gasteiger charge is 2.24. The van der Waals surface area contributed by atoms with Crippen LogP contribution < -0.4 is 4.90 Å². The lowest BCUT2D eigenvalue weighted by Gasteiger charge is -2.21. The quantitative estimate of drug-likeness (QED) is 0.315. The Morgan fingerprint density at radius 3 is 2.31 bits per heavy atom. The zero-order chi connectivity index (χ0) is 24.9. The number of amides is 1. The average Bonchev–Trinajstić information content (AvgIpc) is 3.22. The first kappa shape index (κ1) is 29.5. The number of thiazole rings is 1. The maximum Gasteiger partial charge on any atom is 0.260 e. The summed E-state index contributed by atoms with van der Waals surface area (Å²) in [6, 6.07) is 11.6. The molecule has 2 aromatic carbocycles. The summed E-state index contributed by atoms with van der Waals surface area (Å²) in [7, 11) is 1.97. The van der Waals surface area contributed by atoms with Gasteiger partial charge in [-0.25, -0.2) is 17.7 Å². The first-order chi connectivity index (χ1) is 16.1. The summed E-state index contributed by atoms with van der Waals surface area (Å²) >= 11 is 7.54. The van der Waals surface area contributed by atoms with Crippen molar-refractivity contribution in [2.24, 2.45) is 0 Å². The molecule has 0 bridgehead atoms. The third-order valence-electron chi connectivity index (χ3n) is 5.44. The van der Waals surface area contributed by atoms with E-state index in [4.69, 9.17) is 11.6 Å². The van der Waals surface area contributed by atoms with Gasteiger partial charge in [0.05, 0.1) is 15.1 Å². The van der Waals surface area contributed by atoms with Gasteiger partial charge in [0, 0.05) is 30.7 Å². The number of hydrogen-bond acceptors (Lipinski definition) is 6. The molecular formula is C24H32Cl2N4O3S2. The van der Waals surface area contributed by atoms with Crippen molar-refractivity contribution in [3.63, 3.8) is 0 Å². The molecule has 0 N–H and O–H groups in total. The molecule has 0 saturated heterocycles. The number of fused-ring (bicyclic) bond motifs is 1. The molecule has 7 nitrogen and oxygen atoms in total. The first-order valence-electron chi connectivity index (χ1n) is 11.2. The van der Waals surface area contributed by atoms with E-state index in [2.05, 4.69) is 9.88 Å². The molecular weight excluding hydrogens is 527 g/mol. The second-order valence-corrected chi connectivity index (χ2v) is 11.9. The predicted octanol–water partition coefficient (Wildman–Crippen LogP) is 5.39. The predicted molar refractivity (Wildman–Crippen MR) is 148 cm³/mol. The number of sulfonamides is 1. The summed E-state index contributed by atoms with van der Waals surface area (Å²) in [5.41, 5.74) is 1.20. The van der Waals surface area contributed by atoms with Crippen LogP contribution in [0.1, 0.15) is 36.5 Å². The van der Waals surface area contributed by atoms with E-state index in [0.29, 0.717) is 28.8 Å². The van der Waals surface area contributed by atoms with Gasteiger partial charge in [0.25, 0.3) is 5.91 Å². The molecule has 192 valence electrons. The Morgan fingerprint density at radius 2 is 1.69 bits per heavy atom. The summed E-state index contributed by atoms with van der Waals surface area (Å²) in [5.74, 6) is -0.216. The summed E-state index contributed by atoms with van der Waals surface area (Å²) in [4.78, 5) is 22.1. The molecule has 35 heavy (non-hydrogen) atoms. The van der Waals surface area contributed by atoms with Crippen LogP contribution in [-0.2, 0) is 10.0 Å². The van der Waals surface area contributed by atoms with Gasteiger partial charge in [-0.1, -0.05) is 36.3 Å². The Bertz CT molecular complexity index is 1230. The highest BCUT2D eigenvalue weighted by molar-refractivity contribution is 7.89. The largest absolute Gasteiger partial charge is 0.309 e. The van der Waals surface area contributed by atoms with Crippen LogP contribution in [0.15, 0.2) is 47.4 Å². The Hall–Kier alpha value is -1.75. The maximum atomic E-state index is 13.5. The number of unbranched alkanes of at least 4 members (excludes halogenated alkanes) is 1. The van der Waals surface area contributed by atoms with Crippen LogP contribution in [0.5, 0.6) is 0 Å². The fourth-order valence-electron chi connectivity index (χ4n) is 3.44. The molecule has 3 aromatic rings. The van der Waals surface area contributed by atoms with E-state index in [-0.39, 0.29) is 23.2 Å². The van der Waals surface area contributed by atoms with Crippen LogP contribution in [0.4, 0.5) is 5.13 Å². The van der Waals surface area contributed by atoms with Crippen molar-refractivity contribution in [2.45, 2.75) is 31.1 Å². The molecule has 0 atom stereocenters. The van der Waals surface area contributed by atoms with Gasteiger partial charge in [-0.05, 0) is 75.9 Å². The summed E-state index contributed by atoms with van der Waals surface area (Å²) < 4.78 is 27.9. The van der Waals surface area contributed by atoms with E-state index in [1.165, 1.54) is 27.8 Å². The third kappa shape index (κ3) is 7.38. The fourth-order valence-corrected chi connectivity index (χ4v) is 5.91. The number of carbonyl (C=O) groups is 1. The number of carbonyl (C=O) groups excluding carboxylic acids is 1. The molecule has 0 unspecified atom stereocenters. The van der Waals surface area contributed by atoms with E-state index < -0.39 is 10.0 Å². The van der Waals surface area contributed by atoms with Gasteiger partial charge in [-0.2, -0.15) is 0 Å². The van der Waals surface area contributed by atoms with Crippen LogP contribution in [0.2, 0.25) is 5.02 Å². The van der Waals surface area contributed by atoms with Gasteiger partial charge in [0.2, 0.25) is 10.0 Å². The minimum atomic E-state index is -3.59. The number of aromatic nitrogens is 1. The van der Waals surface area contributed by atoms with E-state index in [1.807, 2.05) is 33.2 Å². The van der Waals surface area contributed by atoms with Crippen LogP contribution >= 0.6 is 35.3 Å². The van der Waals surface area contributed by atoms with E-state index in [9.17, 15) is 13.2 Å². The lowest BCUT2D eigenvalue weighted by Crippen LogP contribution is -2.33. The Kier molecular flexibility index (Phi) is 10.9. The minimum absolute atomic E-state index is 0. The van der Waals surface area contributed by atoms with Gasteiger partial charge in [-0.15, -0.1) is 12.4 Å². The second kappa shape index (κ2) is 13.0. The third-order valence-corrected chi connectivity index (χ3v) is 8.59. The Balaban J connectivity index is 0.00000432. The molecule has 0 radical (unpaired) electrons. The molecule has 1 amide bonds. The molecule has 0 spiro atoms. The van der Waals surface area contributed by atoms with E-state index in [0.717, 1.165) is 36.0 Å². The zero-order valence-electron chi connectivity index (χ0n) is 20.4. The number of rotatable bonds is 11. The molecule has 0 fully saturated rings. The van der Waals surface area contributed by atoms with Crippen molar-refractivity contribution in [2.75, 3.05) is 45.7 Å². The molecule has 0 saturated carbocycles. The highest BCUT2D eigenvalue weighted by atomic mass is 35.5. The maximum absolute atomic E-state index is 13.5. The minimum Gasteiger partial charge on any atom is -0.309 e. The molecule has 0 aliphatic rings. The summed E-state index contributed by atoms with van der Waals surface area (Å²) in [5, 5.41) is 1.21. The molecule has 1 aromatic heterocycles. The van der Waals surface area contributed by atoms with Crippen molar-refractivity contribution in [3.8, 4) is 0 Å². The highest BCUT2D eigenvalue weighted by Crippen LogP contribution is 2.32. The average molecular weight is 560 g/mol. The molecule has 0 aliphatic heterocycles. The first-order valence-corrected chi connectivity index (χ1v) is 13.9. The smallest absolute Gasteiger partial charge is 0.260 e.